The summed E-state index contributed by atoms with van der Waals surface area (Å²) in [4.78, 5) is 0. The number of anilines is 2. The molecule has 2 aromatic heterocycles. The molecule has 0 radical (unpaired) electrons. The van der Waals surface area contributed by atoms with E-state index >= 15 is 0 Å². The number of benzene rings is 1. The molecule has 0 unspecified atom stereocenters. The number of halogens is 1. The molecule has 17 heavy (non-hydrogen) atoms. The maximum Gasteiger partial charge on any atom is 0.246 e. The number of rotatable bonds is 2. The van der Waals surface area contributed by atoms with Gasteiger partial charge in [-0.25, -0.2) is 0 Å². The predicted molar refractivity (Wildman–Crippen MR) is 65.5 cm³/mol. The molecule has 1 aromatic carbocycles. The monoisotopic (exact) mass is 245 g/mol. The highest BCUT2D eigenvalue weighted by Gasteiger charge is 2.04. The largest absolute Gasteiger partial charge is 0.339 e. The van der Waals surface area contributed by atoms with E-state index in [0.29, 0.717) is 11.5 Å². The third-order valence-electron chi connectivity index (χ3n) is 2.27. The number of nitrogens with zero attached hydrogens (tertiary/aromatic N) is 4. The Morgan fingerprint density at radius 1 is 1.00 bits per heavy atom. The molecule has 3 rings (SSSR count). The van der Waals surface area contributed by atoms with Gasteiger partial charge >= 0.3 is 0 Å². The Hall–Kier alpha value is -2.14. The Bertz CT molecular complexity index is 649. The summed E-state index contributed by atoms with van der Waals surface area (Å²) in [7, 11) is 0. The third kappa shape index (κ3) is 1.92. The lowest BCUT2D eigenvalue weighted by Gasteiger charge is -2.04. The van der Waals surface area contributed by atoms with E-state index in [1.165, 1.54) is 4.52 Å². The lowest BCUT2D eigenvalue weighted by atomic mass is 10.3. The van der Waals surface area contributed by atoms with Crippen molar-refractivity contribution >= 4 is 28.8 Å². The van der Waals surface area contributed by atoms with Crippen molar-refractivity contribution < 1.29 is 0 Å². The van der Waals surface area contributed by atoms with Crippen LogP contribution in [0.1, 0.15) is 0 Å². The summed E-state index contributed by atoms with van der Waals surface area (Å²) in [6.07, 6.45) is 0. The van der Waals surface area contributed by atoms with E-state index < -0.39 is 0 Å². The van der Waals surface area contributed by atoms with Gasteiger partial charge in [0.05, 0.1) is 0 Å². The molecule has 0 atom stereocenters. The topological polar surface area (TPSA) is 55.1 Å². The van der Waals surface area contributed by atoms with Crippen LogP contribution in [-0.2, 0) is 0 Å². The number of para-hydroxylation sites is 1. The van der Waals surface area contributed by atoms with Gasteiger partial charge in [0.25, 0.3) is 0 Å². The molecule has 0 bridgehead atoms. The predicted octanol–water partition coefficient (Wildman–Crippen LogP) is 2.52. The van der Waals surface area contributed by atoms with E-state index in [0.717, 1.165) is 5.69 Å². The molecule has 0 aliphatic carbocycles. The molecule has 2 heterocycles. The van der Waals surface area contributed by atoms with Gasteiger partial charge in [0, 0.05) is 5.69 Å². The van der Waals surface area contributed by atoms with Crippen LogP contribution in [0.25, 0.3) is 5.65 Å². The van der Waals surface area contributed by atoms with Crippen LogP contribution < -0.4 is 5.32 Å². The fourth-order valence-corrected chi connectivity index (χ4v) is 1.66. The number of hydrogen-bond acceptors (Lipinski definition) is 4. The standard InChI is InChI=1S/C11H8ClN5/c12-11-15-14-10-7-6-9(16-17(10)11)13-8-4-2-1-3-5-8/h1-7H,(H,13,16). The lowest BCUT2D eigenvalue weighted by Crippen LogP contribution is -1.98. The Labute approximate surface area is 102 Å². The molecule has 84 valence electrons. The summed E-state index contributed by atoms with van der Waals surface area (Å²) in [5.41, 5.74) is 1.58. The zero-order valence-electron chi connectivity index (χ0n) is 8.71. The average molecular weight is 246 g/mol. The molecule has 1 N–H and O–H groups in total. The highest BCUT2D eigenvalue weighted by molar-refractivity contribution is 6.28. The Balaban J connectivity index is 1.98. The summed E-state index contributed by atoms with van der Waals surface area (Å²) in [6, 6.07) is 13.4. The summed E-state index contributed by atoms with van der Waals surface area (Å²) in [5.74, 6) is 0.686. The van der Waals surface area contributed by atoms with Gasteiger partial charge in [0.15, 0.2) is 11.5 Å². The van der Waals surface area contributed by atoms with Gasteiger partial charge in [-0.1, -0.05) is 18.2 Å². The first-order valence-electron chi connectivity index (χ1n) is 5.03. The van der Waals surface area contributed by atoms with Crippen molar-refractivity contribution in [3.63, 3.8) is 0 Å². The molecule has 0 saturated carbocycles. The van der Waals surface area contributed by atoms with Crippen molar-refractivity contribution in [2.75, 3.05) is 5.32 Å². The SMILES string of the molecule is Clc1nnc2ccc(Nc3ccccc3)nn12. The first-order valence-corrected chi connectivity index (χ1v) is 5.41. The van der Waals surface area contributed by atoms with Crippen LogP contribution in [0.3, 0.4) is 0 Å². The van der Waals surface area contributed by atoms with Crippen LogP contribution in [0.15, 0.2) is 42.5 Å². The van der Waals surface area contributed by atoms with Gasteiger partial charge in [0.2, 0.25) is 5.28 Å². The molecule has 0 amide bonds. The van der Waals surface area contributed by atoms with Gasteiger partial charge in [-0.2, -0.15) is 4.52 Å². The van der Waals surface area contributed by atoms with Crippen LogP contribution in [0.4, 0.5) is 11.5 Å². The van der Waals surface area contributed by atoms with Crippen molar-refractivity contribution in [1.82, 2.24) is 19.8 Å². The van der Waals surface area contributed by atoms with E-state index in [9.17, 15) is 0 Å². The van der Waals surface area contributed by atoms with E-state index in [4.69, 9.17) is 11.6 Å². The molecule has 0 aliphatic heterocycles. The fraction of sp³-hybridized carbons (Fsp3) is 0. The molecule has 5 nitrogen and oxygen atoms in total. The van der Waals surface area contributed by atoms with Crippen molar-refractivity contribution in [2.45, 2.75) is 0 Å². The van der Waals surface area contributed by atoms with Crippen molar-refractivity contribution in [1.29, 1.82) is 0 Å². The fourth-order valence-electron chi connectivity index (χ4n) is 1.50. The lowest BCUT2D eigenvalue weighted by molar-refractivity contribution is 0.933. The van der Waals surface area contributed by atoms with E-state index in [1.807, 2.05) is 36.4 Å². The second-order valence-corrected chi connectivity index (χ2v) is 3.79. The molecular formula is C11H8ClN5. The Morgan fingerprint density at radius 3 is 2.65 bits per heavy atom. The van der Waals surface area contributed by atoms with Gasteiger partial charge in [-0.3, -0.25) is 0 Å². The third-order valence-corrected chi connectivity index (χ3v) is 2.51. The second-order valence-electron chi connectivity index (χ2n) is 3.45. The maximum absolute atomic E-state index is 5.85. The highest BCUT2D eigenvalue weighted by Crippen LogP contribution is 2.15. The van der Waals surface area contributed by atoms with Crippen molar-refractivity contribution in [3.05, 3.63) is 47.7 Å². The highest BCUT2D eigenvalue weighted by atomic mass is 35.5. The van der Waals surface area contributed by atoms with Gasteiger partial charge in [0.1, 0.15) is 0 Å². The minimum absolute atomic E-state index is 0.247. The summed E-state index contributed by atoms with van der Waals surface area (Å²) in [6.45, 7) is 0. The van der Waals surface area contributed by atoms with E-state index in [-0.39, 0.29) is 5.28 Å². The first kappa shape index (κ1) is 10.0. The summed E-state index contributed by atoms with van der Waals surface area (Å²) >= 11 is 5.85. The second kappa shape index (κ2) is 4.03. The van der Waals surface area contributed by atoms with Crippen molar-refractivity contribution in [3.8, 4) is 0 Å². The first-order chi connectivity index (χ1) is 8.33. The van der Waals surface area contributed by atoms with Gasteiger partial charge in [-0.05, 0) is 35.9 Å². The van der Waals surface area contributed by atoms with Crippen LogP contribution >= 0.6 is 11.6 Å². The quantitative estimate of drug-likeness (QED) is 0.754. The van der Waals surface area contributed by atoms with E-state index in [1.54, 1.807) is 6.07 Å². The van der Waals surface area contributed by atoms with Crippen LogP contribution in [0, 0.1) is 0 Å². The van der Waals surface area contributed by atoms with Crippen LogP contribution in [0.2, 0.25) is 5.28 Å². The number of hydrogen-bond donors (Lipinski definition) is 1. The zero-order valence-corrected chi connectivity index (χ0v) is 9.46. The van der Waals surface area contributed by atoms with Crippen LogP contribution in [0.5, 0.6) is 0 Å². The molecule has 3 aromatic rings. The molecule has 0 fully saturated rings. The summed E-state index contributed by atoms with van der Waals surface area (Å²) < 4.78 is 1.48. The van der Waals surface area contributed by atoms with E-state index in [2.05, 4.69) is 20.6 Å². The summed E-state index contributed by atoms with van der Waals surface area (Å²) in [5, 5.41) is 15.3. The average Bonchev–Trinajstić information content (AvgIpc) is 2.73. The van der Waals surface area contributed by atoms with Crippen LogP contribution in [-0.4, -0.2) is 19.8 Å². The maximum atomic E-state index is 5.85. The van der Waals surface area contributed by atoms with Crippen molar-refractivity contribution in [2.24, 2.45) is 0 Å². The van der Waals surface area contributed by atoms with Gasteiger partial charge < -0.3 is 5.32 Å². The minimum Gasteiger partial charge on any atom is -0.339 e. The molecule has 6 heteroatoms. The molecule has 0 aliphatic rings. The number of nitrogens with one attached hydrogen (secondary N) is 1. The normalized spacial score (nSPS) is 10.6. The molecular weight excluding hydrogens is 238 g/mol. The number of fused-ring (bicyclic) bond motifs is 1. The molecule has 0 saturated heterocycles. The smallest absolute Gasteiger partial charge is 0.246 e. The molecule has 0 spiro atoms. The number of aromatic nitrogens is 4. The Morgan fingerprint density at radius 2 is 1.82 bits per heavy atom. The minimum atomic E-state index is 0.247. The zero-order chi connectivity index (χ0) is 11.7. The van der Waals surface area contributed by atoms with Gasteiger partial charge in [-0.15, -0.1) is 15.3 Å². The Kier molecular flexibility index (Phi) is 2.38.